The van der Waals surface area contributed by atoms with Crippen molar-refractivity contribution in [2.45, 2.75) is 13.5 Å². The second kappa shape index (κ2) is 5.84. The first kappa shape index (κ1) is 12.1. The predicted molar refractivity (Wildman–Crippen MR) is 63.8 cm³/mol. The van der Waals surface area contributed by atoms with E-state index >= 15 is 0 Å². The molecule has 1 aromatic heterocycles. The van der Waals surface area contributed by atoms with Gasteiger partial charge in [0.2, 0.25) is 0 Å². The van der Waals surface area contributed by atoms with Crippen LogP contribution in [-0.4, -0.2) is 22.0 Å². The van der Waals surface area contributed by atoms with Gasteiger partial charge >= 0.3 is 0 Å². The van der Waals surface area contributed by atoms with E-state index in [1.165, 1.54) is 0 Å². The van der Waals surface area contributed by atoms with Gasteiger partial charge in [0.05, 0.1) is 5.56 Å². The number of ether oxygens (including phenoxy) is 1. The fraction of sp³-hybridized carbons (Fsp3) is 0.231. The summed E-state index contributed by atoms with van der Waals surface area (Å²) in [6.07, 6.45) is 0. The molecule has 1 aromatic carbocycles. The Labute approximate surface area is 104 Å². The lowest BCUT2D eigenvalue weighted by atomic mass is 10.2. The van der Waals surface area contributed by atoms with Gasteiger partial charge in [-0.15, -0.1) is 0 Å². The van der Waals surface area contributed by atoms with E-state index < -0.39 is 0 Å². The molecule has 2 aromatic rings. The Balaban J connectivity index is 2.12. The van der Waals surface area contributed by atoms with Crippen LogP contribution in [-0.2, 0) is 6.61 Å². The average molecular weight is 244 g/mol. The summed E-state index contributed by atoms with van der Waals surface area (Å²) in [5.74, 6) is 6.05. The highest BCUT2D eigenvalue weighted by Crippen LogP contribution is 2.18. The van der Waals surface area contributed by atoms with Gasteiger partial charge < -0.3 is 9.84 Å². The van der Waals surface area contributed by atoms with Crippen molar-refractivity contribution in [2.75, 3.05) is 6.61 Å². The molecule has 0 unspecified atom stereocenters. The fourth-order valence-electron chi connectivity index (χ4n) is 1.36. The van der Waals surface area contributed by atoms with E-state index in [0.29, 0.717) is 17.1 Å². The minimum Gasteiger partial charge on any atom is -0.486 e. The maximum atomic E-state index is 8.69. The van der Waals surface area contributed by atoms with Crippen LogP contribution < -0.4 is 4.74 Å². The molecule has 1 N–H and O–H groups in total. The van der Waals surface area contributed by atoms with Crippen LogP contribution in [0.3, 0.4) is 0 Å². The summed E-state index contributed by atoms with van der Waals surface area (Å²) in [6.45, 7) is 1.89. The Morgan fingerprint density at radius 2 is 2.17 bits per heavy atom. The second-order valence-corrected chi connectivity index (χ2v) is 3.54. The summed E-state index contributed by atoms with van der Waals surface area (Å²) in [4.78, 5) is 0. The molecule has 5 heteroatoms. The quantitative estimate of drug-likeness (QED) is 0.824. The molecule has 0 aliphatic rings. The summed E-state index contributed by atoms with van der Waals surface area (Å²) in [5.41, 5.74) is 2.08. The van der Waals surface area contributed by atoms with Crippen molar-refractivity contribution in [3.8, 4) is 17.6 Å². The van der Waals surface area contributed by atoms with Crippen LogP contribution in [0, 0.1) is 18.8 Å². The maximum Gasteiger partial charge on any atom is 0.145 e. The highest BCUT2D eigenvalue weighted by Gasteiger charge is 2.07. The zero-order chi connectivity index (χ0) is 12.8. The fourth-order valence-corrected chi connectivity index (χ4v) is 1.36. The minimum atomic E-state index is -0.180. The van der Waals surface area contributed by atoms with E-state index in [0.717, 1.165) is 5.56 Å². The molecule has 0 saturated carbocycles. The van der Waals surface area contributed by atoms with Crippen molar-refractivity contribution in [1.29, 1.82) is 0 Å². The van der Waals surface area contributed by atoms with E-state index in [1.54, 1.807) is 6.92 Å². The van der Waals surface area contributed by atoms with E-state index in [9.17, 15) is 0 Å². The molecule has 92 valence electrons. The van der Waals surface area contributed by atoms with Crippen LogP contribution >= 0.6 is 0 Å². The van der Waals surface area contributed by atoms with E-state index in [-0.39, 0.29) is 13.2 Å². The van der Waals surface area contributed by atoms with Crippen molar-refractivity contribution in [3.05, 3.63) is 41.2 Å². The summed E-state index contributed by atoms with van der Waals surface area (Å²) in [7, 11) is 0. The number of rotatable bonds is 3. The molecule has 0 spiro atoms. The van der Waals surface area contributed by atoms with Crippen molar-refractivity contribution < 1.29 is 14.5 Å². The molecule has 0 aliphatic carbocycles. The Kier molecular flexibility index (Phi) is 3.94. The van der Waals surface area contributed by atoms with Crippen LogP contribution in [0.5, 0.6) is 5.75 Å². The van der Waals surface area contributed by atoms with Gasteiger partial charge in [-0.3, -0.25) is 0 Å². The number of nitrogens with zero attached hydrogens (tertiary/aromatic N) is 2. The number of hydrogen-bond acceptors (Lipinski definition) is 5. The lowest BCUT2D eigenvalue weighted by Crippen LogP contribution is -1.99. The highest BCUT2D eigenvalue weighted by atomic mass is 16.6. The molecule has 0 atom stereocenters. The Bertz CT molecular complexity index is 581. The number of aliphatic hydroxyl groups excluding tert-OH is 1. The Morgan fingerprint density at radius 3 is 2.89 bits per heavy atom. The summed E-state index contributed by atoms with van der Waals surface area (Å²) < 4.78 is 10.2. The van der Waals surface area contributed by atoms with Crippen molar-refractivity contribution in [3.63, 3.8) is 0 Å². The normalized spacial score (nSPS) is 9.67. The zero-order valence-corrected chi connectivity index (χ0v) is 9.88. The number of hydrogen-bond donors (Lipinski definition) is 1. The molecule has 18 heavy (non-hydrogen) atoms. The minimum absolute atomic E-state index is 0.180. The highest BCUT2D eigenvalue weighted by molar-refractivity contribution is 5.45. The van der Waals surface area contributed by atoms with Crippen molar-refractivity contribution in [2.24, 2.45) is 0 Å². The first-order chi connectivity index (χ1) is 8.81. The third-order valence-corrected chi connectivity index (χ3v) is 2.30. The molecule has 0 bridgehead atoms. The predicted octanol–water partition coefficient (Wildman–Crippen LogP) is 1.30. The van der Waals surface area contributed by atoms with E-state index in [4.69, 9.17) is 9.84 Å². The third kappa shape index (κ3) is 2.87. The first-order valence-electron chi connectivity index (χ1n) is 5.41. The molecule has 5 nitrogen and oxygen atoms in total. The lowest BCUT2D eigenvalue weighted by Gasteiger charge is -2.06. The Morgan fingerprint density at radius 1 is 1.33 bits per heavy atom. The topological polar surface area (TPSA) is 68.4 Å². The molecule has 0 saturated heterocycles. The molecule has 0 aliphatic heterocycles. The second-order valence-electron chi connectivity index (χ2n) is 3.54. The van der Waals surface area contributed by atoms with Gasteiger partial charge in [0.25, 0.3) is 0 Å². The Hall–Kier alpha value is -2.32. The van der Waals surface area contributed by atoms with Crippen molar-refractivity contribution >= 4 is 0 Å². The van der Waals surface area contributed by atoms with E-state index in [1.807, 2.05) is 24.3 Å². The molecule has 0 amide bonds. The summed E-state index contributed by atoms with van der Waals surface area (Å²) in [6, 6.07) is 7.35. The monoisotopic (exact) mass is 244 g/mol. The van der Waals surface area contributed by atoms with Gasteiger partial charge in [0.15, 0.2) is 0 Å². The summed E-state index contributed by atoms with van der Waals surface area (Å²) >= 11 is 0. The van der Waals surface area contributed by atoms with E-state index in [2.05, 4.69) is 26.8 Å². The first-order valence-corrected chi connectivity index (χ1v) is 5.41. The lowest BCUT2D eigenvalue weighted by molar-refractivity contribution is 0.269. The number of aryl methyl sites for hydroxylation is 1. The molecule has 1 heterocycles. The molecular weight excluding hydrogens is 232 g/mol. The maximum absolute atomic E-state index is 8.69. The van der Waals surface area contributed by atoms with Crippen LogP contribution in [0.4, 0.5) is 0 Å². The van der Waals surface area contributed by atoms with Gasteiger partial charge in [0.1, 0.15) is 30.4 Å². The number of aromatic nitrogens is 2. The smallest absolute Gasteiger partial charge is 0.145 e. The molecule has 0 fully saturated rings. The number of para-hydroxylation sites is 1. The van der Waals surface area contributed by atoms with Crippen molar-refractivity contribution in [1.82, 2.24) is 10.3 Å². The molecule has 0 radical (unpaired) electrons. The van der Waals surface area contributed by atoms with Crippen LogP contribution in [0.2, 0.25) is 0 Å². The average Bonchev–Trinajstić information content (AvgIpc) is 2.80. The van der Waals surface area contributed by atoms with Gasteiger partial charge in [-0.1, -0.05) is 34.3 Å². The van der Waals surface area contributed by atoms with Gasteiger partial charge in [0, 0.05) is 0 Å². The van der Waals surface area contributed by atoms with Gasteiger partial charge in [-0.25, -0.2) is 4.63 Å². The van der Waals surface area contributed by atoms with Crippen LogP contribution in [0.25, 0.3) is 0 Å². The zero-order valence-electron chi connectivity index (χ0n) is 9.88. The SMILES string of the molecule is Cc1nonc1COc1ccccc1C#CCO. The summed E-state index contributed by atoms with van der Waals surface area (Å²) in [5, 5.41) is 16.1. The number of benzene rings is 1. The molecule has 2 rings (SSSR count). The number of aliphatic hydroxyl groups is 1. The standard InChI is InChI=1S/C13H12N2O3/c1-10-12(15-18-14-10)9-17-13-7-3-2-5-11(13)6-4-8-16/h2-3,5,7,16H,8-9H2,1H3. The third-order valence-electron chi connectivity index (χ3n) is 2.30. The van der Waals surface area contributed by atoms with Gasteiger partial charge in [-0.2, -0.15) is 0 Å². The van der Waals surface area contributed by atoms with Crippen LogP contribution in [0.1, 0.15) is 17.0 Å². The molecular formula is C13H12N2O3. The van der Waals surface area contributed by atoms with Crippen LogP contribution in [0.15, 0.2) is 28.9 Å². The van der Waals surface area contributed by atoms with Gasteiger partial charge in [-0.05, 0) is 19.1 Å². The largest absolute Gasteiger partial charge is 0.486 e.